The number of hydrazine groups is 2. The van der Waals surface area contributed by atoms with E-state index in [9.17, 15) is 34.1 Å². The molecule has 13 nitrogen and oxygen atoms in total. The molecule has 3 rings (SSSR count). The number of ether oxygens (including phenoxy) is 1. The Balaban J connectivity index is 1.46. The number of nitrogens with one attached hydrogen (secondary N) is 3. The monoisotopic (exact) mass is 547 g/mol. The lowest BCUT2D eigenvalue weighted by atomic mass is 10.1. The van der Waals surface area contributed by atoms with Crippen LogP contribution in [0.25, 0.3) is 0 Å². The fourth-order valence-corrected chi connectivity index (χ4v) is 3.34. The molecule has 0 aromatic heterocycles. The molecule has 0 radical (unpaired) electrons. The number of carbonyl (C=O) groups excluding carboxylic acids is 5. The van der Waals surface area contributed by atoms with Crippen LogP contribution in [-0.2, 0) is 19.1 Å². The van der Waals surface area contributed by atoms with Crippen LogP contribution < -0.4 is 16.3 Å². The summed E-state index contributed by atoms with van der Waals surface area (Å²) < 4.78 is 5.66. The van der Waals surface area contributed by atoms with Gasteiger partial charge in [0.1, 0.15) is 5.56 Å². The van der Waals surface area contributed by atoms with Crippen LogP contribution in [0.4, 0.5) is 5.69 Å². The van der Waals surface area contributed by atoms with Gasteiger partial charge in [0.2, 0.25) is 5.91 Å². The van der Waals surface area contributed by atoms with Crippen LogP contribution in [0.15, 0.2) is 53.0 Å². The number of hydrogen-bond donors (Lipinski definition) is 3. The van der Waals surface area contributed by atoms with Crippen molar-refractivity contribution in [1.82, 2.24) is 21.3 Å². The molecule has 0 aliphatic carbocycles. The van der Waals surface area contributed by atoms with E-state index < -0.39 is 52.7 Å². The largest absolute Gasteiger partial charge is 0.455 e. The molecule has 1 aliphatic heterocycles. The Morgan fingerprint density at radius 2 is 1.74 bits per heavy atom. The number of esters is 1. The van der Waals surface area contributed by atoms with E-state index in [1.807, 2.05) is 0 Å². The first kappa shape index (κ1) is 25.3. The third kappa shape index (κ3) is 6.60. The first-order valence-electron chi connectivity index (χ1n) is 10.0. The quantitative estimate of drug-likeness (QED) is 0.259. The highest BCUT2D eigenvalue weighted by atomic mass is 79.9. The summed E-state index contributed by atoms with van der Waals surface area (Å²) in [7, 11) is 0. The third-order valence-corrected chi connectivity index (χ3v) is 5.34. The Kier molecular flexibility index (Phi) is 8.09. The average Bonchev–Trinajstić information content (AvgIpc) is 3.21. The second kappa shape index (κ2) is 11.2. The maximum absolute atomic E-state index is 12.4. The number of halogens is 1. The molecule has 1 fully saturated rings. The van der Waals surface area contributed by atoms with Crippen LogP contribution in [0, 0.1) is 16.0 Å². The molecule has 1 aliphatic rings. The molecule has 35 heavy (non-hydrogen) atoms. The lowest BCUT2D eigenvalue weighted by molar-refractivity contribution is -0.385. The standard InChI is InChI=1S/C21H18BrN5O8/c22-14-7-5-12(6-8-14)19(30)24-23-17(28)11-35-21(32)13-9-18(29)26(10-13)25-20(31)15-3-1-2-4-16(15)27(33)34/h1-8,13H,9-11H2,(H,23,28)(H,24,30)(H,25,31)/t13-/m1/s1. The van der Waals surface area contributed by atoms with Gasteiger partial charge in [-0.05, 0) is 30.3 Å². The topological polar surface area (TPSA) is 177 Å². The third-order valence-electron chi connectivity index (χ3n) is 4.81. The molecule has 4 amide bonds. The zero-order valence-corrected chi connectivity index (χ0v) is 19.4. The second-order valence-corrected chi connectivity index (χ2v) is 8.15. The Labute approximate surface area is 206 Å². The van der Waals surface area contributed by atoms with E-state index in [0.29, 0.717) is 0 Å². The minimum atomic E-state index is -0.973. The van der Waals surface area contributed by atoms with Gasteiger partial charge in [-0.2, -0.15) is 0 Å². The van der Waals surface area contributed by atoms with Gasteiger partial charge in [-0.25, -0.2) is 0 Å². The van der Waals surface area contributed by atoms with Crippen molar-refractivity contribution in [3.63, 3.8) is 0 Å². The SMILES string of the molecule is O=C(COC(=O)[C@@H]1CC(=O)N(NC(=O)c2ccccc2[N+](=O)[O-])C1)NNC(=O)c1ccc(Br)cc1. The van der Waals surface area contributed by atoms with E-state index in [-0.39, 0.29) is 24.1 Å². The van der Waals surface area contributed by atoms with Crippen molar-refractivity contribution >= 4 is 51.2 Å². The predicted octanol–water partition coefficient (Wildman–Crippen LogP) is 0.855. The van der Waals surface area contributed by atoms with Crippen molar-refractivity contribution in [1.29, 1.82) is 0 Å². The molecule has 2 aromatic carbocycles. The van der Waals surface area contributed by atoms with Gasteiger partial charge in [0, 0.05) is 22.5 Å². The van der Waals surface area contributed by atoms with Crippen molar-refractivity contribution in [2.45, 2.75) is 6.42 Å². The van der Waals surface area contributed by atoms with E-state index >= 15 is 0 Å². The highest BCUT2D eigenvalue weighted by Gasteiger charge is 2.37. The van der Waals surface area contributed by atoms with Crippen LogP contribution in [0.5, 0.6) is 0 Å². The number of carbonyl (C=O) groups is 5. The lowest BCUT2D eigenvalue weighted by Gasteiger charge is -2.17. The zero-order chi connectivity index (χ0) is 25.5. The molecule has 14 heteroatoms. The van der Waals surface area contributed by atoms with Gasteiger partial charge in [0.25, 0.3) is 23.4 Å². The van der Waals surface area contributed by atoms with Gasteiger partial charge >= 0.3 is 5.97 Å². The highest BCUT2D eigenvalue weighted by molar-refractivity contribution is 9.10. The predicted molar refractivity (Wildman–Crippen MR) is 121 cm³/mol. The van der Waals surface area contributed by atoms with Gasteiger partial charge < -0.3 is 4.74 Å². The molecule has 1 saturated heterocycles. The summed E-state index contributed by atoms with van der Waals surface area (Å²) in [4.78, 5) is 71.0. The smallest absolute Gasteiger partial charge is 0.311 e. The minimum Gasteiger partial charge on any atom is -0.455 e. The van der Waals surface area contributed by atoms with Crippen molar-refractivity contribution in [3.05, 3.63) is 74.2 Å². The fourth-order valence-electron chi connectivity index (χ4n) is 3.07. The van der Waals surface area contributed by atoms with Crippen LogP contribution >= 0.6 is 15.9 Å². The molecule has 1 heterocycles. The molecule has 1 atom stereocenters. The molecule has 0 bridgehead atoms. The first-order chi connectivity index (χ1) is 16.7. The number of hydrogen-bond acceptors (Lipinski definition) is 8. The van der Waals surface area contributed by atoms with Crippen LogP contribution in [-0.4, -0.2) is 52.7 Å². The summed E-state index contributed by atoms with van der Waals surface area (Å²) in [6, 6.07) is 11.6. The summed E-state index contributed by atoms with van der Waals surface area (Å²) in [6.07, 6.45) is -0.294. The number of benzene rings is 2. The summed E-state index contributed by atoms with van der Waals surface area (Å²) in [6.45, 7) is -0.960. The number of amides is 4. The summed E-state index contributed by atoms with van der Waals surface area (Å²) in [5.74, 6) is -4.72. The lowest BCUT2D eigenvalue weighted by Crippen LogP contribution is -2.44. The molecular weight excluding hydrogens is 530 g/mol. The summed E-state index contributed by atoms with van der Waals surface area (Å²) >= 11 is 3.24. The first-order valence-corrected chi connectivity index (χ1v) is 10.8. The average molecular weight is 548 g/mol. The Morgan fingerprint density at radius 1 is 1.06 bits per heavy atom. The Morgan fingerprint density at radius 3 is 2.43 bits per heavy atom. The minimum absolute atomic E-state index is 0.244. The van der Waals surface area contributed by atoms with E-state index in [4.69, 9.17) is 4.74 Å². The van der Waals surface area contributed by atoms with Gasteiger partial charge in [0.05, 0.1) is 17.4 Å². The van der Waals surface area contributed by atoms with E-state index in [1.165, 1.54) is 30.3 Å². The summed E-state index contributed by atoms with van der Waals surface area (Å²) in [5, 5.41) is 12.0. The normalized spacial score (nSPS) is 14.7. The Hall–Kier alpha value is -4.33. The van der Waals surface area contributed by atoms with Crippen molar-refractivity contribution in [3.8, 4) is 0 Å². The van der Waals surface area contributed by atoms with Gasteiger partial charge in [-0.15, -0.1) is 0 Å². The van der Waals surface area contributed by atoms with Gasteiger partial charge in [-0.1, -0.05) is 28.1 Å². The zero-order valence-electron chi connectivity index (χ0n) is 17.9. The number of rotatable bonds is 7. The maximum atomic E-state index is 12.4. The number of nitrogens with zero attached hydrogens (tertiary/aromatic N) is 2. The van der Waals surface area contributed by atoms with Crippen molar-refractivity contribution in [2.75, 3.05) is 13.2 Å². The fraction of sp³-hybridized carbons (Fsp3) is 0.190. The van der Waals surface area contributed by atoms with Gasteiger partial charge in [0.15, 0.2) is 6.61 Å². The molecule has 182 valence electrons. The maximum Gasteiger partial charge on any atom is 0.311 e. The molecule has 0 unspecified atom stereocenters. The van der Waals surface area contributed by atoms with Crippen LogP contribution in [0.1, 0.15) is 27.1 Å². The van der Waals surface area contributed by atoms with E-state index in [0.717, 1.165) is 15.5 Å². The van der Waals surface area contributed by atoms with E-state index in [2.05, 4.69) is 32.2 Å². The second-order valence-electron chi connectivity index (χ2n) is 7.24. The highest BCUT2D eigenvalue weighted by Crippen LogP contribution is 2.20. The number of nitro groups is 1. The van der Waals surface area contributed by atoms with Gasteiger partial charge in [-0.3, -0.25) is 55.4 Å². The molecular formula is C21H18BrN5O8. The number of para-hydroxylation sites is 1. The molecule has 0 spiro atoms. The van der Waals surface area contributed by atoms with E-state index in [1.54, 1.807) is 12.1 Å². The van der Waals surface area contributed by atoms with Crippen LogP contribution in [0.2, 0.25) is 0 Å². The number of nitro benzene ring substituents is 1. The van der Waals surface area contributed by atoms with Crippen molar-refractivity contribution in [2.24, 2.45) is 5.92 Å². The summed E-state index contributed by atoms with van der Waals surface area (Å²) in [5.41, 5.74) is 6.12. The Bertz CT molecular complexity index is 1190. The molecule has 3 N–H and O–H groups in total. The van der Waals surface area contributed by atoms with Crippen LogP contribution in [0.3, 0.4) is 0 Å². The molecule has 2 aromatic rings. The van der Waals surface area contributed by atoms with Crippen molar-refractivity contribution < 1.29 is 33.6 Å². The molecule has 0 saturated carbocycles.